The van der Waals surface area contributed by atoms with Gasteiger partial charge in [-0.05, 0) is 75.9 Å². The monoisotopic (exact) mass is 323 g/mol. The van der Waals surface area contributed by atoms with E-state index in [1.807, 2.05) is 0 Å². The van der Waals surface area contributed by atoms with Crippen molar-refractivity contribution >= 4 is 5.91 Å². The lowest BCUT2D eigenvalue weighted by atomic mass is 9.92. The molecule has 0 radical (unpaired) electrons. The minimum Gasteiger partial charge on any atom is -0.356 e. The van der Waals surface area contributed by atoms with E-state index in [2.05, 4.69) is 29.4 Å². The van der Waals surface area contributed by atoms with Crippen molar-refractivity contribution in [2.45, 2.75) is 58.8 Å². The molecule has 2 heterocycles. The predicted molar refractivity (Wildman–Crippen MR) is 96.5 cm³/mol. The zero-order valence-corrected chi connectivity index (χ0v) is 15.3. The van der Waals surface area contributed by atoms with Crippen molar-refractivity contribution in [1.29, 1.82) is 0 Å². The molecule has 1 amide bonds. The second-order valence-electron chi connectivity index (χ2n) is 7.99. The molecule has 4 nitrogen and oxygen atoms in total. The van der Waals surface area contributed by atoms with Crippen LogP contribution in [0.25, 0.3) is 0 Å². The number of hydrogen-bond acceptors (Lipinski definition) is 3. The average molecular weight is 324 g/mol. The molecule has 2 aliphatic heterocycles. The van der Waals surface area contributed by atoms with Crippen LogP contribution in [0, 0.1) is 17.8 Å². The highest BCUT2D eigenvalue weighted by Gasteiger charge is 2.21. The van der Waals surface area contributed by atoms with Crippen molar-refractivity contribution in [3.8, 4) is 0 Å². The van der Waals surface area contributed by atoms with Gasteiger partial charge in [0, 0.05) is 26.1 Å². The highest BCUT2D eigenvalue weighted by atomic mass is 16.1. The third-order valence-corrected chi connectivity index (χ3v) is 5.41. The minimum atomic E-state index is 0.253. The van der Waals surface area contributed by atoms with Crippen molar-refractivity contribution in [2.24, 2.45) is 17.8 Å². The Bertz CT molecular complexity index is 332. The molecule has 2 atom stereocenters. The molecule has 0 aliphatic carbocycles. The van der Waals surface area contributed by atoms with Crippen LogP contribution >= 0.6 is 0 Å². The molecule has 0 spiro atoms. The Hall–Kier alpha value is -0.610. The SMILES string of the molecule is CC1CC(C)CN(CCCCNC(=O)CCC2CCNCC2)C1. The minimum absolute atomic E-state index is 0.253. The molecule has 0 aromatic heterocycles. The molecule has 0 aromatic carbocycles. The highest BCUT2D eigenvalue weighted by Crippen LogP contribution is 2.21. The van der Waals surface area contributed by atoms with Crippen LogP contribution in [0.2, 0.25) is 0 Å². The van der Waals surface area contributed by atoms with E-state index in [0.29, 0.717) is 6.42 Å². The first-order valence-corrected chi connectivity index (χ1v) is 9.83. The van der Waals surface area contributed by atoms with Crippen LogP contribution in [-0.2, 0) is 4.79 Å². The van der Waals surface area contributed by atoms with Gasteiger partial charge in [0.25, 0.3) is 0 Å². The number of hydrogen-bond donors (Lipinski definition) is 2. The first-order chi connectivity index (χ1) is 11.1. The fourth-order valence-corrected chi connectivity index (χ4v) is 4.26. The second kappa shape index (κ2) is 10.3. The number of likely N-dealkylation sites (tertiary alicyclic amines) is 1. The summed E-state index contributed by atoms with van der Waals surface area (Å²) in [7, 11) is 0. The summed E-state index contributed by atoms with van der Waals surface area (Å²) in [5.41, 5.74) is 0. The van der Waals surface area contributed by atoms with E-state index < -0.39 is 0 Å². The maximum atomic E-state index is 11.9. The molecule has 2 rings (SSSR count). The first-order valence-electron chi connectivity index (χ1n) is 9.83. The molecule has 2 unspecified atom stereocenters. The van der Waals surface area contributed by atoms with Gasteiger partial charge in [-0.25, -0.2) is 0 Å². The van der Waals surface area contributed by atoms with Crippen molar-refractivity contribution < 1.29 is 4.79 Å². The summed E-state index contributed by atoms with van der Waals surface area (Å²) in [5, 5.41) is 6.48. The van der Waals surface area contributed by atoms with Crippen LogP contribution < -0.4 is 10.6 Å². The van der Waals surface area contributed by atoms with E-state index in [4.69, 9.17) is 0 Å². The van der Waals surface area contributed by atoms with E-state index in [-0.39, 0.29) is 5.91 Å². The number of piperidine rings is 2. The summed E-state index contributed by atoms with van der Waals surface area (Å²) in [5.74, 6) is 2.69. The lowest BCUT2D eigenvalue weighted by molar-refractivity contribution is -0.121. The molecular formula is C19H37N3O. The molecule has 2 fully saturated rings. The molecule has 2 saturated heterocycles. The molecule has 0 aromatic rings. The third kappa shape index (κ3) is 7.67. The molecule has 2 N–H and O–H groups in total. The maximum Gasteiger partial charge on any atom is 0.220 e. The highest BCUT2D eigenvalue weighted by molar-refractivity contribution is 5.75. The summed E-state index contributed by atoms with van der Waals surface area (Å²) in [6.07, 6.45) is 7.94. The Morgan fingerprint density at radius 1 is 1.13 bits per heavy atom. The first kappa shape index (κ1) is 18.7. The summed E-state index contributed by atoms with van der Waals surface area (Å²) < 4.78 is 0. The van der Waals surface area contributed by atoms with Crippen LogP contribution in [0.3, 0.4) is 0 Å². The van der Waals surface area contributed by atoms with Gasteiger partial charge in [-0.2, -0.15) is 0 Å². The molecular weight excluding hydrogens is 286 g/mol. The number of nitrogens with one attached hydrogen (secondary N) is 2. The lowest BCUT2D eigenvalue weighted by Gasteiger charge is -2.34. The van der Waals surface area contributed by atoms with Crippen molar-refractivity contribution in [3.05, 3.63) is 0 Å². The molecule has 4 heteroatoms. The van der Waals surface area contributed by atoms with E-state index in [1.165, 1.54) is 45.3 Å². The zero-order chi connectivity index (χ0) is 16.5. The molecule has 2 aliphatic rings. The van der Waals surface area contributed by atoms with Gasteiger partial charge in [0.1, 0.15) is 0 Å². The Kier molecular flexibility index (Phi) is 8.38. The van der Waals surface area contributed by atoms with Gasteiger partial charge in [0.05, 0.1) is 0 Å². The van der Waals surface area contributed by atoms with Gasteiger partial charge in [-0.1, -0.05) is 13.8 Å². The summed E-state index contributed by atoms with van der Waals surface area (Å²) >= 11 is 0. The van der Waals surface area contributed by atoms with Crippen LogP contribution in [0.15, 0.2) is 0 Å². The largest absolute Gasteiger partial charge is 0.356 e. The Morgan fingerprint density at radius 2 is 1.83 bits per heavy atom. The van der Waals surface area contributed by atoms with Crippen LogP contribution in [0.1, 0.15) is 58.8 Å². The zero-order valence-electron chi connectivity index (χ0n) is 15.3. The molecule has 0 saturated carbocycles. The van der Waals surface area contributed by atoms with Crippen LogP contribution in [0.4, 0.5) is 0 Å². The normalized spacial score (nSPS) is 27.0. The number of carbonyl (C=O) groups excluding carboxylic acids is 1. The quantitative estimate of drug-likeness (QED) is 0.675. The number of amides is 1. The average Bonchev–Trinajstić information content (AvgIpc) is 2.53. The van der Waals surface area contributed by atoms with E-state index in [0.717, 1.165) is 50.2 Å². The number of carbonyl (C=O) groups is 1. The second-order valence-corrected chi connectivity index (χ2v) is 7.99. The summed E-state index contributed by atoms with van der Waals surface area (Å²) in [6.45, 7) is 11.5. The van der Waals surface area contributed by atoms with E-state index in [1.54, 1.807) is 0 Å². The smallest absolute Gasteiger partial charge is 0.220 e. The van der Waals surface area contributed by atoms with Gasteiger partial charge >= 0.3 is 0 Å². The number of unbranched alkanes of at least 4 members (excludes halogenated alkanes) is 1. The molecule has 23 heavy (non-hydrogen) atoms. The Morgan fingerprint density at radius 3 is 2.52 bits per heavy atom. The van der Waals surface area contributed by atoms with E-state index >= 15 is 0 Å². The number of rotatable bonds is 8. The molecule has 134 valence electrons. The lowest BCUT2D eigenvalue weighted by Crippen LogP contribution is -2.39. The van der Waals surface area contributed by atoms with Gasteiger partial charge in [0.2, 0.25) is 5.91 Å². The fourth-order valence-electron chi connectivity index (χ4n) is 4.26. The summed E-state index contributed by atoms with van der Waals surface area (Å²) in [6, 6.07) is 0. The van der Waals surface area contributed by atoms with Gasteiger partial charge < -0.3 is 15.5 Å². The topological polar surface area (TPSA) is 44.4 Å². The standard InChI is InChI=1S/C19H37N3O/c1-16-13-17(2)15-22(14-16)12-4-3-9-21-19(23)6-5-18-7-10-20-11-8-18/h16-18,20H,3-15H2,1-2H3,(H,21,23). The van der Waals surface area contributed by atoms with Gasteiger partial charge in [-0.3, -0.25) is 4.79 Å². The van der Waals surface area contributed by atoms with Gasteiger partial charge in [-0.15, -0.1) is 0 Å². The van der Waals surface area contributed by atoms with Crippen molar-refractivity contribution in [2.75, 3.05) is 39.3 Å². The van der Waals surface area contributed by atoms with Gasteiger partial charge in [0.15, 0.2) is 0 Å². The Balaban J connectivity index is 1.45. The van der Waals surface area contributed by atoms with Crippen molar-refractivity contribution in [1.82, 2.24) is 15.5 Å². The third-order valence-electron chi connectivity index (χ3n) is 5.41. The molecule has 0 bridgehead atoms. The van der Waals surface area contributed by atoms with Crippen LogP contribution in [0.5, 0.6) is 0 Å². The fraction of sp³-hybridized carbons (Fsp3) is 0.947. The van der Waals surface area contributed by atoms with Crippen LogP contribution in [-0.4, -0.2) is 50.1 Å². The maximum absolute atomic E-state index is 11.9. The van der Waals surface area contributed by atoms with E-state index in [9.17, 15) is 4.79 Å². The van der Waals surface area contributed by atoms with Crippen molar-refractivity contribution in [3.63, 3.8) is 0 Å². The Labute approximate surface area is 142 Å². The summed E-state index contributed by atoms with van der Waals surface area (Å²) in [4.78, 5) is 14.5. The number of nitrogens with zero attached hydrogens (tertiary/aromatic N) is 1. The predicted octanol–water partition coefficient (Wildman–Crippen LogP) is 2.64.